The Balaban J connectivity index is 4.29. The van der Waals surface area contributed by atoms with Gasteiger partial charge in [-0.05, 0) is 122 Å². The summed E-state index contributed by atoms with van der Waals surface area (Å²) in [7, 11) is 0. The summed E-state index contributed by atoms with van der Waals surface area (Å²) in [6.45, 7) is 6.30. The molecule has 0 rings (SSSR count). The molecule has 396 valence electrons. The lowest BCUT2D eigenvalue weighted by molar-refractivity contribution is -0.167. The number of carbonyl (C=O) groups excluding carboxylic acids is 3. The molecule has 70 heavy (non-hydrogen) atoms. The summed E-state index contributed by atoms with van der Waals surface area (Å²) in [6, 6.07) is 0. The number of esters is 3. The van der Waals surface area contributed by atoms with E-state index in [1.807, 2.05) is 0 Å². The lowest BCUT2D eigenvalue weighted by Gasteiger charge is -2.18. The van der Waals surface area contributed by atoms with E-state index in [4.69, 9.17) is 14.2 Å². The maximum atomic E-state index is 12.8. The average molecular weight is 970 g/mol. The number of allylic oxidation sites excluding steroid dienone is 20. The molecule has 1 unspecified atom stereocenters. The number of hydrogen-bond donors (Lipinski definition) is 0. The zero-order valence-electron chi connectivity index (χ0n) is 45.2. The van der Waals surface area contributed by atoms with E-state index in [9.17, 15) is 14.4 Å². The molecule has 0 heterocycles. The normalized spacial score (nSPS) is 13.0. The van der Waals surface area contributed by atoms with Gasteiger partial charge in [0.1, 0.15) is 13.2 Å². The largest absolute Gasteiger partial charge is 0.462 e. The molecule has 0 bridgehead atoms. The van der Waals surface area contributed by atoms with E-state index < -0.39 is 6.10 Å². The van der Waals surface area contributed by atoms with E-state index in [1.54, 1.807) is 0 Å². The Morgan fingerprint density at radius 3 is 0.914 bits per heavy atom. The van der Waals surface area contributed by atoms with Crippen molar-refractivity contribution in [3.05, 3.63) is 122 Å². The van der Waals surface area contributed by atoms with Gasteiger partial charge >= 0.3 is 17.9 Å². The standard InChI is InChI=1S/C64H104O6/c1-4-7-10-13-16-19-22-24-26-27-28-29-30-31-32-33-34-35-36-37-39-40-42-45-48-51-54-57-63(66)69-60-61(59-68-62(65)56-53-50-47-44-21-18-15-12-9-6-3)70-64(67)58-55-52-49-46-43-41-38-25-23-20-17-14-11-8-5-2/h7-8,10-12,15-17,19-20,24-26,28-29,31-32,38,43,46,61H,4-6,9,13-14,18,21-23,27,30,33-37,39-42,44-45,47-60H2,1-3H3/b10-7-,11-8-,15-12-,19-16-,20-17-,26-24-,29-28-,32-31-,38-25-,46-43-. The molecule has 0 radical (unpaired) electrons. The van der Waals surface area contributed by atoms with Gasteiger partial charge in [0.2, 0.25) is 0 Å². The molecular weight excluding hydrogens is 865 g/mol. The third-order valence-electron chi connectivity index (χ3n) is 11.7. The van der Waals surface area contributed by atoms with Crippen LogP contribution in [0.3, 0.4) is 0 Å². The Kier molecular flexibility index (Phi) is 54.0. The minimum absolute atomic E-state index is 0.101. The number of hydrogen-bond acceptors (Lipinski definition) is 6. The summed E-state index contributed by atoms with van der Waals surface area (Å²) in [4.78, 5) is 38.0. The van der Waals surface area contributed by atoms with Crippen molar-refractivity contribution in [2.75, 3.05) is 13.2 Å². The van der Waals surface area contributed by atoms with Crippen LogP contribution < -0.4 is 0 Å². The van der Waals surface area contributed by atoms with Crippen LogP contribution in [0.25, 0.3) is 0 Å². The van der Waals surface area contributed by atoms with Crippen LogP contribution >= 0.6 is 0 Å². The first-order valence-electron chi connectivity index (χ1n) is 28.5. The summed E-state index contributed by atoms with van der Waals surface area (Å²) in [5.74, 6) is -0.961. The molecule has 6 nitrogen and oxygen atoms in total. The molecule has 0 saturated carbocycles. The monoisotopic (exact) mass is 969 g/mol. The van der Waals surface area contributed by atoms with Gasteiger partial charge in [0.25, 0.3) is 0 Å². The molecule has 1 atom stereocenters. The van der Waals surface area contributed by atoms with Gasteiger partial charge in [0.15, 0.2) is 6.10 Å². The Bertz CT molecular complexity index is 1490. The first-order chi connectivity index (χ1) is 34.5. The van der Waals surface area contributed by atoms with Gasteiger partial charge in [-0.25, -0.2) is 0 Å². The zero-order valence-corrected chi connectivity index (χ0v) is 45.2. The van der Waals surface area contributed by atoms with E-state index >= 15 is 0 Å². The average Bonchev–Trinajstić information content (AvgIpc) is 3.36. The molecule has 0 spiro atoms. The predicted molar refractivity (Wildman–Crippen MR) is 302 cm³/mol. The second kappa shape index (κ2) is 57.4. The van der Waals surface area contributed by atoms with Gasteiger partial charge in [-0.3, -0.25) is 14.4 Å². The third-order valence-corrected chi connectivity index (χ3v) is 11.7. The topological polar surface area (TPSA) is 78.9 Å². The Hall–Kier alpha value is -4.19. The second-order valence-corrected chi connectivity index (χ2v) is 18.4. The molecule has 0 aliphatic heterocycles. The quantitative estimate of drug-likeness (QED) is 0.0262. The number of carbonyl (C=O) groups is 3. The summed E-state index contributed by atoms with van der Waals surface area (Å²) in [5.41, 5.74) is 0. The highest BCUT2D eigenvalue weighted by Crippen LogP contribution is 2.14. The minimum Gasteiger partial charge on any atom is -0.462 e. The Morgan fingerprint density at radius 1 is 0.300 bits per heavy atom. The highest BCUT2D eigenvalue weighted by atomic mass is 16.6. The van der Waals surface area contributed by atoms with Crippen molar-refractivity contribution in [1.29, 1.82) is 0 Å². The Labute approximate surface area is 431 Å². The van der Waals surface area contributed by atoms with E-state index in [-0.39, 0.29) is 37.5 Å². The summed E-state index contributed by atoms with van der Waals surface area (Å²) in [6.07, 6.45) is 79.2. The molecule has 0 aromatic rings. The first-order valence-corrected chi connectivity index (χ1v) is 28.5. The van der Waals surface area contributed by atoms with Crippen LogP contribution in [0.5, 0.6) is 0 Å². The molecule has 0 amide bonds. The van der Waals surface area contributed by atoms with E-state index in [0.29, 0.717) is 19.3 Å². The number of unbranched alkanes of at least 4 members (excludes halogenated alkanes) is 19. The van der Waals surface area contributed by atoms with Gasteiger partial charge in [-0.15, -0.1) is 0 Å². The van der Waals surface area contributed by atoms with E-state index in [0.717, 1.165) is 128 Å². The minimum atomic E-state index is -0.806. The highest BCUT2D eigenvalue weighted by Gasteiger charge is 2.19. The maximum Gasteiger partial charge on any atom is 0.306 e. The van der Waals surface area contributed by atoms with Crippen LogP contribution in [0.4, 0.5) is 0 Å². The van der Waals surface area contributed by atoms with Crippen molar-refractivity contribution in [3.8, 4) is 0 Å². The van der Waals surface area contributed by atoms with Crippen LogP contribution in [0.1, 0.15) is 245 Å². The smallest absolute Gasteiger partial charge is 0.306 e. The maximum absolute atomic E-state index is 12.8. The van der Waals surface area contributed by atoms with Crippen molar-refractivity contribution in [2.45, 2.75) is 252 Å². The Morgan fingerprint density at radius 2 is 0.557 bits per heavy atom. The van der Waals surface area contributed by atoms with Crippen molar-refractivity contribution in [3.63, 3.8) is 0 Å². The molecule has 0 aromatic carbocycles. The molecule has 0 aliphatic carbocycles. The lowest BCUT2D eigenvalue weighted by Crippen LogP contribution is -2.30. The van der Waals surface area contributed by atoms with Crippen LogP contribution in [0, 0.1) is 0 Å². The molecule has 0 aliphatic rings. The van der Waals surface area contributed by atoms with Crippen molar-refractivity contribution >= 4 is 17.9 Å². The predicted octanol–water partition coefficient (Wildman–Crippen LogP) is 19.3. The van der Waals surface area contributed by atoms with Gasteiger partial charge in [0, 0.05) is 19.3 Å². The summed E-state index contributed by atoms with van der Waals surface area (Å²) < 4.78 is 16.8. The van der Waals surface area contributed by atoms with Gasteiger partial charge in [0.05, 0.1) is 0 Å². The molecule has 0 saturated heterocycles. The summed E-state index contributed by atoms with van der Waals surface area (Å²) >= 11 is 0. The summed E-state index contributed by atoms with van der Waals surface area (Å²) in [5, 5.41) is 0. The fraction of sp³-hybridized carbons (Fsp3) is 0.641. The molecule has 0 fully saturated rings. The highest BCUT2D eigenvalue weighted by molar-refractivity contribution is 5.71. The first kappa shape index (κ1) is 65.8. The molecule has 6 heteroatoms. The van der Waals surface area contributed by atoms with Crippen LogP contribution in [0.2, 0.25) is 0 Å². The SMILES string of the molecule is CC/C=C\C/C=C\C/C=C\C/C=C\C/C=C\CCCCCCCCCCCCCC(=O)OCC(COC(=O)CCCCCCC/C=C\CCC)OC(=O)CCCC/C=C\C/C=C\C/C=C\C/C=C\CC. The zero-order chi connectivity index (χ0) is 50.7. The van der Waals surface area contributed by atoms with Gasteiger partial charge in [-0.1, -0.05) is 226 Å². The number of ether oxygens (including phenoxy) is 3. The van der Waals surface area contributed by atoms with E-state index in [1.165, 1.54) is 70.6 Å². The fourth-order valence-corrected chi connectivity index (χ4v) is 7.46. The van der Waals surface area contributed by atoms with Crippen LogP contribution in [-0.2, 0) is 28.6 Å². The third kappa shape index (κ3) is 54.7. The van der Waals surface area contributed by atoms with E-state index in [2.05, 4.69) is 142 Å². The van der Waals surface area contributed by atoms with Crippen molar-refractivity contribution < 1.29 is 28.6 Å². The number of rotatable bonds is 50. The van der Waals surface area contributed by atoms with Crippen molar-refractivity contribution in [1.82, 2.24) is 0 Å². The molecular formula is C64H104O6. The van der Waals surface area contributed by atoms with Crippen LogP contribution in [-0.4, -0.2) is 37.2 Å². The molecule has 0 N–H and O–H groups in total. The van der Waals surface area contributed by atoms with Crippen LogP contribution in [0.15, 0.2) is 122 Å². The van der Waals surface area contributed by atoms with Gasteiger partial charge < -0.3 is 14.2 Å². The lowest BCUT2D eigenvalue weighted by atomic mass is 10.0. The van der Waals surface area contributed by atoms with Crippen molar-refractivity contribution in [2.24, 2.45) is 0 Å². The molecule has 0 aromatic heterocycles. The van der Waals surface area contributed by atoms with Gasteiger partial charge in [-0.2, -0.15) is 0 Å². The second-order valence-electron chi connectivity index (χ2n) is 18.4. The fourth-order valence-electron chi connectivity index (χ4n) is 7.46.